The number of rotatable bonds is 3. The summed E-state index contributed by atoms with van der Waals surface area (Å²) in [6, 6.07) is 61.7. The molecular weight excluding hydrogens is 726 g/mol. The van der Waals surface area contributed by atoms with Crippen LogP contribution >= 0.6 is 0 Å². The summed E-state index contributed by atoms with van der Waals surface area (Å²) in [7, 11) is 0. The van der Waals surface area contributed by atoms with Crippen molar-refractivity contribution < 1.29 is 0 Å². The maximum Gasteiger partial charge on any atom is 0.756 e. The summed E-state index contributed by atoms with van der Waals surface area (Å²) in [5.41, 5.74) is 7.55. The van der Waals surface area contributed by atoms with E-state index in [-0.39, 0.29) is 0 Å². The van der Waals surface area contributed by atoms with Gasteiger partial charge < -0.3 is 10.7 Å². The number of aromatic nitrogens is 3. The predicted octanol–water partition coefficient (Wildman–Crippen LogP) is 8.78. The van der Waals surface area contributed by atoms with Crippen molar-refractivity contribution in [2.45, 2.75) is 0 Å². The van der Waals surface area contributed by atoms with Gasteiger partial charge in [0.2, 0.25) is 0 Å². The van der Waals surface area contributed by atoms with Crippen molar-refractivity contribution in [3.05, 3.63) is 164 Å². The van der Waals surface area contributed by atoms with Gasteiger partial charge >= 0.3 is 14.8 Å². The van der Waals surface area contributed by atoms with Crippen molar-refractivity contribution in [2.24, 2.45) is 0 Å². The Bertz CT molecular complexity index is 3230. The second-order valence-corrected chi connectivity index (χ2v) is 19.1. The third-order valence-electron chi connectivity index (χ3n) is 11.8. The Morgan fingerprint density at radius 2 is 0.600 bits per heavy atom. The van der Waals surface area contributed by atoms with Gasteiger partial charge in [-0.05, 0) is 50.5 Å². The molecule has 9 aromatic carbocycles. The first-order chi connectivity index (χ1) is 27.0. The molecule has 7 heteroatoms. The number of nitrogens with zero attached hydrogens (tertiary/aromatic N) is 3. The van der Waals surface area contributed by atoms with Gasteiger partial charge in [0, 0.05) is 65.4 Å². The number of benzene rings is 9. The van der Waals surface area contributed by atoms with Crippen LogP contribution in [-0.4, -0.2) is 74.3 Å². The molecule has 0 spiro atoms. The van der Waals surface area contributed by atoms with Crippen LogP contribution in [0.3, 0.4) is 0 Å². The molecule has 12 aromatic rings. The van der Waals surface area contributed by atoms with Gasteiger partial charge in [-0.3, -0.25) is 0 Å². The van der Waals surface area contributed by atoms with Gasteiger partial charge in [-0.1, -0.05) is 146 Å². The lowest BCUT2D eigenvalue weighted by atomic mass is 10.0. The Labute approximate surface area is 346 Å². The summed E-state index contributed by atoms with van der Waals surface area (Å²) in [5, 5.41) is 15.4. The summed E-state index contributed by atoms with van der Waals surface area (Å²) in [6.45, 7) is 0. The van der Waals surface area contributed by atoms with E-state index < -0.39 is 14.8 Å². The van der Waals surface area contributed by atoms with Crippen molar-refractivity contribution in [3.8, 4) is 0 Å². The standard InChI is InChI=1S/3C16H9N.4Al/c3*1-2-6-12-11(5-1)9-10-15-16(12)13-7-3-4-8-14(13)17-15;;;;/h3*1-3,5-10H;;;;/q3*-1;;;;+3. The molecule has 6 radical (unpaired) electrons. The lowest BCUT2D eigenvalue weighted by molar-refractivity contribution is 1.08. The Balaban J connectivity index is 1.37. The maximum absolute atomic E-state index is 2.99. The Morgan fingerprint density at radius 3 is 0.927 bits per heavy atom. The highest BCUT2D eigenvalue weighted by Gasteiger charge is 2.40. The van der Waals surface area contributed by atoms with Gasteiger partial charge in [-0.2, -0.15) is 0 Å². The fourth-order valence-electron chi connectivity index (χ4n) is 9.59. The molecule has 12 rings (SSSR count). The Kier molecular flexibility index (Phi) is 7.18. The second kappa shape index (κ2) is 12.1. The average molecular weight is 754 g/mol. The Morgan fingerprint density at radius 1 is 0.291 bits per heavy atom. The molecule has 3 nitrogen and oxygen atoms in total. The highest BCUT2D eigenvalue weighted by molar-refractivity contribution is 6.63. The molecule has 246 valence electrons. The van der Waals surface area contributed by atoms with E-state index in [1.807, 2.05) is 0 Å². The van der Waals surface area contributed by atoms with Crippen molar-refractivity contribution in [2.75, 3.05) is 0 Å². The maximum atomic E-state index is 2.99. The van der Waals surface area contributed by atoms with Crippen LogP contribution in [-0.2, 0) is 0 Å². The molecule has 0 fully saturated rings. The molecule has 0 saturated heterocycles. The minimum Gasteiger partial charge on any atom is -0.395 e. The normalized spacial score (nSPS) is 12.2. The molecule has 0 bridgehead atoms. The third-order valence-corrected chi connectivity index (χ3v) is 16.0. The first-order valence-corrected chi connectivity index (χ1v) is 21.9. The molecule has 0 aliphatic rings. The first kappa shape index (κ1) is 32.5. The summed E-state index contributed by atoms with van der Waals surface area (Å²) in [4.78, 5) is 0. The van der Waals surface area contributed by atoms with Crippen LogP contribution in [0.4, 0.5) is 0 Å². The quantitative estimate of drug-likeness (QED) is 0.160. The van der Waals surface area contributed by atoms with Gasteiger partial charge in [-0.25, -0.2) is 0 Å². The van der Waals surface area contributed by atoms with Gasteiger partial charge in [0.15, 0.2) is 48.9 Å². The minimum atomic E-state index is -2.64. The van der Waals surface area contributed by atoms with Crippen LogP contribution in [0.25, 0.3) is 97.7 Å². The average Bonchev–Trinajstić information content (AvgIpc) is 3.84. The predicted molar refractivity (Wildman–Crippen MR) is 239 cm³/mol. The monoisotopic (exact) mass is 753 g/mol. The van der Waals surface area contributed by atoms with E-state index in [0.29, 0.717) is 0 Å². The summed E-state index contributed by atoms with van der Waals surface area (Å²) in [6.07, 6.45) is 0. The first-order valence-electron chi connectivity index (χ1n) is 18.7. The number of fused-ring (bicyclic) bond motifs is 15. The van der Waals surface area contributed by atoms with Crippen LogP contribution in [0.5, 0.6) is 0 Å². The van der Waals surface area contributed by atoms with Crippen LogP contribution in [0.1, 0.15) is 0 Å². The van der Waals surface area contributed by atoms with Gasteiger partial charge in [0.1, 0.15) is 0 Å². The van der Waals surface area contributed by atoms with E-state index in [9.17, 15) is 0 Å². The molecule has 55 heavy (non-hydrogen) atoms. The van der Waals surface area contributed by atoms with E-state index in [1.54, 1.807) is 0 Å². The highest BCUT2D eigenvalue weighted by atomic mass is 27.2. The topological polar surface area (TPSA) is 14.8 Å². The van der Waals surface area contributed by atoms with Crippen LogP contribution in [0.15, 0.2) is 164 Å². The summed E-state index contributed by atoms with van der Waals surface area (Å²) < 4.78 is 11.8. The molecule has 0 N–H and O–H groups in total. The molecule has 0 unspecified atom stereocenters. The van der Waals surface area contributed by atoms with Crippen molar-refractivity contribution >= 4 is 175 Å². The van der Waals surface area contributed by atoms with Gasteiger partial charge in [0.25, 0.3) is 0 Å². The van der Waals surface area contributed by atoms with E-state index in [1.165, 1.54) is 111 Å². The fraction of sp³-hybridized carbons (Fsp3) is 0. The zero-order chi connectivity index (χ0) is 36.5. The molecule has 0 aliphatic carbocycles. The Hall–Kier alpha value is -4.71. The van der Waals surface area contributed by atoms with E-state index >= 15 is 0 Å². The van der Waals surface area contributed by atoms with Crippen LogP contribution in [0.2, 0.25) is 0 Å². The highest BCUT2D eigenvalue weighted by Crippen LogP contribution is 2.42. The zero-order valence-corrected chi connectivity index (χ0v) is 34.4. The molecular formula is C48H27Al4N3. The van der Waals surface area contributed by atoms with E-state index in [0.717, 1.165) is 0 Å². The second-order valence-electron chi connectivity index (χ2n) is 14.8. The molecule has 0 aliphatic heterocycles. The zero-order valence-electron chi connectivity index (χ0n) is 29.7. The van der Waals surface area contributed by atoms with Crippen LogP contribution in [0, 0.1) is 0 Å². The lowest BCUT2D eigenvalue weighted by Crippen LogP contribution is -2.41. The third kappa shape index (κ3) is 4.63. The van der Waals surface area contributed by atoms with Crippen molar-refractivity contribution in [1.82, 2.24) is 10.7 Å². The molecule has 3 aromatic heterocycles. The van der Waals surface area contributed by atoms with Gasteiger partial charge in [0.05, 0.1) is 0 Å². The largest absolute Gasteiger partial charge is 0.756 e. The molecule has 0 amide bonds. The number of hydrogen-bond acceptors (Lipinski definition) is 0. The van der Waals surface area contributed by atoms with Crippen molar-refractivity contribution in [3.63, 3.8) is 0 Å². The van der Waals surface area contributed by atoms with Crippen LogP contribution < -0.4 is 13.3 Å². The smallest absolute Gasteiger partial charge is 0.395 e. The van der Waals surface area contributed by atoms with Gasteiger partial charge in [-0.15, -0.1) is 13.3 Å². The summed E-state index contributed by atoms with van der Waals surface area (Å²) in [5.74, 6) is 0. The van der Waals surface area contributed by atoms with E-state index in [2.05, 4.69) is 223 Å². The molecule has 3 heterocycles. The molecule has 0 saturated carbocycles. The SMILES string of the molecule is [Al][c]1ccc2c3c4ccccc4ccc3[n]([Al]([n]3c4c[c]([Al])ccc4c4c5ccccc5ccc43)[n]3c4c[c]([Al])ccc4c4c5ccccc5ccc43)c2c1. The fourth-order valence-corrected chi connectivity index (χ4v) is 13.8. The summed E-state index contributed by atoms with van der Waals surface area (Å²) >= 11 is 6.32. The van der Waals surface area contributed by atoms with E-state index in [4.69, 9.17) is 0 Å². The van der Waals surface area contributed by atoms with Crippen molar-refractivity contribution in [1.29, 1.82) is 0 Å². The minimum absolute atomic E-state index is 1.18. The lowest BCUT2D eigenvalue weighted by Gasteiger charge is -2.23. The molecule has 0 atom stereocenters. The number of hydrogen-bond donors (Lipinski definition) is 0.